The monoisotopic (exact) mass is 316 g/mol. The SMILES string of the molecule is CC(N)Cc1ccc(Sc2nncn2C)c(C(F)(F)F)c1. The molecule has 21 heavy (non-hydrogen) atoms. The van der Waals surface area contributed by atoms with Crippen LogP contribution < -0.4 is 5.73 Å². The van der Waals surface area contributed by atoms with Crippen molar-refractivity contribution in [3.63, 3.8) is 0 Å². The number of nitrogens with two attached hydrogens (primary N) is 1. The number of nitrogens with zero attached hydrogens (tertiary/aromatic N) is 3. The van der Waals surface area contributed by atoms with Crippen LogP contribution in [0.2, 0.25) is 0 Å². The van der Waals surface area contributed by atoms with Crippen molar-refractivity contribution in [3.05, 3.63) is 35.7 Å². The largest absolute Gasteiger partial charge is 0.417 e. The maximum absolute atomic E-state index is 13.2. The topological polar surface area (TPSA) is 56.7 Å². The number of aryl methyl sites for hydroxylation is 1. The molecule has 0 aliphatic carbocycles. The van der Waals surface area contributed by atoms with Crippen molar-refractivity contribution in [2.24, 2.45) is 12.8 Å². The van der Waals surface area contributed by atoms with Crippen LogP contribution in [-0.2, 0) is 19.6 Å². The molecule has 1 aromatic carbocycles. The molecule has 2 aromatic rings. The molecule has 1 unspecified atom stereocenters. The Labute approximate surface area is 124 Å². The van der Waals surface area contributed by atoms with E-state index in [2.05, 4.69) is 10.2 Å². The summed E-state index contributed by atoms with van der Waals surface area (Å²) in [6.45, 7) is 1.76. The highest BCUT2D eigenvalue weighted by molar-refractivity contribution is 7.99. The van der Waals surface area contributed by atoms with Crippen molar-refractivity contribution in [1.29, 1.82) is 0 Å². The molecule has 0 radical (unpaired) electrons. The Morgan fingerprint density at radius 1 is 1.38 bits per heavy atom. The van der Waals surface area contributed by atoms with E-state index in [0.717, 1.165) is 17.8 Å². The van der Waals surface area contributed by atoms with Gasteiger partial charge in [0.1, 0.15) is 6.33 Å². The van der Waals surface area contributed by atoms with Crippen molar-refractivity contribution >= 4 is 11.8 Å². The lowest BCUT2D eigenvalue weighted by Gasteiger charge is -2.14. The summed E-state index contributed by atoms with van der Waals surface area (Å²) in [5.74, 6) is 0. The van der Waals surface area contributed by atoms with Crippen LogP contribution in [0.3, 0.4) is 0 Å². The van der Waals surface area contributed by atoms with Crippen LogP contribution in [0.4, 0.5) is 13.2 Å². The summed E-state index contributed by atoms with van der Waals surface area (Å²) >= 11 is 0.940. The van der Waals surface area contributed by atoms with Gasteiger partial charge in [-0.15, -0.1) is 10.2 Å². The first-order valence-electron chi connectivity index (χ1n) is 6.25. The summed E-state index contributed by atoms with van der Waals surface area (Å²) in [6.07, 6.45) is -2.58. The Balaban J connectivity index is 2.38. The second-order valence-corrected chi connectivity index (χ2v) is 5.85. The average Bonchev–Trinajstić information content (AvgIpc) is 2.75. The molecule has 0 bridgehead atoms. The highest BCUT2D eigenvalue weighted by Gasteiger charge is 2.34. The lowest BCUT2D eigenvalue weighted by atomic mass is 10.0. The van der Waals surface area contributed by atoms with Gasteiger partial charge in [-0.05, 0) is 42.8 Å². The zero-order valence-electron chi connectivity index (χ0n) is 11.6. The van der Waals surface area contributed by atoms with Gasteiger partial charge in [-0.2, -0.15) is 13.2 Å². The first kappa shape index (κ1) is 15.8. The van der Waals surface area contributed by atoms with Gasteiger partial charge in [0, 0.05) is 18.0 Å². The lowest BCUT2D eigenvalue weighted by molar-refractivity contribution is -0.139. The number of rotatable bonds is 4. The highest BCUT2D eigenvalue weighted by atomic mass is 32.2. The molecule has 1 heterocycles. The normalized spacial score (nSPS) is 13.4. The molecule has 1 aromatic heterocycles. The van der Waals surface area contributed by atoms with Gasteiger partial charge in [-0.3, -0.25) is 0 Å². The molecule has 4 nitrogen and oxygen atoms in total. The molecule has 0 saturated heterocycles. The number of aromatic nitrogens is 3. The fraction of sp³-hybridized carbons (Fsp3) is 0.385. The van der Waals surface area contributed by atoms with E-state index >= 15 is 0 Å². The summed E-state index contributed by atoms with van der Waals surface area (Å²) < 4.78 is 41.2. The second-order valence-electron chi connectivity index (χ2n) is 4.84. The highest BCUT2D eigenvalue weighted by Crippen LogP contribution is 2.39. The minimum atomic E-state index is -4.42. The maximum atomic E-state index is 13.2. The van der Waals surface area contributed by atoms with E-state index < -0.39 is 11.7 Å². The molecular formula is C13H15F3N4S. The standard InChI is InChI=1S/C13H15F3N4S/c1-8(17)5-9-3-4-11(10(6-9)13(14,15)16)21-12-19-18-7-20(12)2/h3-4,6-8H,5,17H2,1-2H3. The van der Waals surface area contributed by atoms with Crippen LogP contribution in [0.1, 0.15) is 18.1 Å². The maximum Gasteiger partial charge on any atom is 0.417 e. The lowest BCUT2D eigenvalue weighted by Crippen LogP contribution is -2.18. The summed E-state index contributed by atoms with van der Waals surface area (Å²) in [5, 5.41) is 7.86. The first-order valence-corrected chi connectivity index (χ1v) is 7.06. The van der Waals surface area contributed by atoms with E-state index in [1.54, 1.807) is 24.6 Å². The van der Waals surface area contributed by atoms with E-state index in [1.165, 1.54) is 12.4 Å². The summed E-state index contributed by atoms with van der Waals surface area (Å²) in [7, 11) is 1.68. The van der Waals surface area contributed by atoms with Crippen molar-refractivity contribution in [3.8, 4) is 0 Å². The summed E-state index contributed by atoms with van der Waals surface area (Å²) in [4.78, 5) is 0.104. The van der Waals surface area contributed by atoms with E-state index in [9.17, 15) is 13.2 Å². The van der Waals surface area contributed by atoms with Crippen molar-refractivity contribution in [2.45, 2.75) is 35.6 Å². The quantitative estimate of drug-likeness (QED) is 0.942. The molecule has 0 fully saturated rings. The van der Waals surface area contributed by atoms with Crippen molar-refractivity contribution < 1.29 is 13.2 Å². The molecule has 114 valence electrons. The predicted octanol–water partition coefficient (Wildman–Crippen LogP) is 2.87. The Morgan fingerprint density at radius 3 is 2.62 bits per heavy atom. The van der Waals surface area contributed by atoms with Gasteiger partial charge in [0.15, 0.2) is 5.16 Å². The van der Waals surface area contributed by atoms with Gasteiger partial charge in [0.25, 0.3) is 0 Å². The van der Waals surface area contributed by atoms with E-state index in [0.29, 0.717) is 17.1 Å². The Hall–Kier alpha value is -1.54. The minimum Gasteiger partial charge on any atom is -0.328 e. The molecule has 2 rings (SSSR count). The molecule has 0 spiro atoms. The van der Waals surface area contributed by atoms with Gasteiger partial charge in [-0.25, -0.2) is 0 Å². The zero-order valence-corrected chi connectivity index (χ0v) is 12.4. The smallest absolute Gasteiger partial charge is 0.328 e. The Morgan fingerprint density at radius 2 is 2.10 bits per heavy atom. The summed E-state index contributed by atoms with van der Waals surface area (Å²) in [6, 6.07) is 4.09. The van der Waals surface area contributed by atoms with Gasteiger partial charge < -0.3 is 10.3 Å². The van der Waals surface area contributed by atoms with Gasteiger partial charge >= 0.3 is 6.18 Å². The number of hydrogen-bond acceptors (Lipinski definition) is 4. The molecule has 1 atom stereocenters. The summed E-state index contributed by atoms with van der Waals surface area (Å²) in [5.41, 5.74) is 5.54. The molecule has 8 heteroatoms. The van der Waals surface area contributed by atoms with Gasteiger partial charge in [0.05, 0.1) is 5.56 Å². The van der Waals surface area contributed by atoms with E-state index in [1.807, 2.05) is 0 Å². The van der Waals surface area contributed by atoms with Gasteiger partial charge in [-0.1, -0.05) is 6.07 Å². The average molecular weight is 316 g/mol. The van der Waals surface area contributed by atoms with E-state index in [-0.39, 0.29) is 10.9 Å². The van der Waals surface area contributed by atoms with Crippen LogP contribution in [0.25, 0.3) is 0 Å². The fourth-order valence-electron chi connectivity index (χ4n) is 1.85. The van der Waals surface area contributed by atoms with Crippen molar-refractivity contribution in [1.82, 2.24) is 14.8 Å². The molecule has 0 saturated carbocycles. The van der Waals surface area contributed by atoms with Crippen molar-refractivity contribution in [2.75, 3.05) is 0 Å². The predicted molar refractivity (Wildman–Crippen MR) is 73.9 cm³/mol. The van der Waals surface area contributed by atoms with Crippen LogP contribution in [0, 0.1) is 0 Å². The van der Waals surface area contributed by atoms with Crippen LogP contribution in [0.5, 0.6) is 0 Å². The van der Waals surface area contributed by atoms with Crippen LogP contribution in [-0.4, -0.2) is 20.8 Å². The number of benzene rings is 1. The second kappa shape index (κ2) is 6.07. The number of halogens is 3. The third-order valence-electron chi connectivity index (χ3n) is 2.78. The van der Waals surface area contributed by atoms with Crippen LogP contribution >= 0.6 is 11.8 Å². The first-order chi connectivity index (χ1) is 9.77. The Bertz CT molecular complexity index is 622. The molecule has 0 aliphatic heterocycles. The third kappa shape index (κ3) is 3.98. The van der Waals surface area contributed by atoms with E-state index in [4.69, 9.17) is 5.73 Å². The molecule has 2 N–H and O–H groups in total. The fourth-order valence-corrected chi connectivity index (χ4v) is 2.75. The third-order valence-corrected chi connectivity index (χ3v) is 3.91. The Kier molecular flexibility index (Phi) is 4.58. The zero-order chi connectivity index (χ0) is 15.6. The molecule has 0 aliphatic rings. The molecular weight excluding hydrogens is 301 g/mol. The van der Waals surface area contributed by atoms with Gasteiger partial charge in [0.2, 0.25) is 0 Å². The number of hydrogen-bond donors (Lipinski definition) is 1. The molecule has 0 amide bonds. The number of alkyl halides is 3. The minimum absolute atomic E-state index is 0.104. The van der Waals surface area contributed by atoms with Crippen LogP contribution in [0.15, 0.2) is 34.6 Å².